The molecule has 1 heterocycles. The fourth-order valence-corrected chi connectivity index (χ4v) is 1.14. The van der Waals surface area contributed by atoms with E-state index >= 15 is 0 Å². The number of rotatable bonds is 1. The summed E-state index contributed by atoms with van der Waals surface area (Å²) in [6, 6.07) is 4.38. The maximum atomic E-state index is 10.4. The largest absolute Gasteiger partial charge is 0.382 e. The van der Waals surface area contributed by atoms with Crippen molar-refractivity contribution >= 4 is 34.8 Å². The number of benzene rings is 1. The van der Waals surface area contributed by atoms with Crippen LogP contribution in [0.4, 0.5) is 11.5 Å². The van der Waals surface area contributed by atoms with E-state index in [9.17, 15) is 10.1 Å². The van der Waals surface area contributed by atoms with E-state index in [1.807, 2.05) is 0 Å². The summed E-state index contributed by atoms with van der Waals surface area (Å²) >= 11 is 0. The molecule has 1 aromatic heterocycles. The Morgan fingerprint density at radius 1 is 1.50 bits per heavy atom. The molecule has 0 amide bonds. The number of nitrogens with two attached hydrogens (primary N) is 1. The van der Waals surface area contributed by atoms with E-state index in [1.165, 1.54) is 12.1 Å². The molecule has 6 nitrogen and oxygen atoms in total. The fourth-order valence-electron chi connectivity index (χ4n) is 1.14. The second-order valence-electron chi connectivity index (χ2n) is 2.60. The minimum absolute atomic E-state index is 0. The summed E-state index contributed by atoms with van der Waals surface area (Å²) in [6.07, 6.45) is 0. The average molecular weight is 215 g/mol. The number of nitrogen functional groups attached to an aromatic ring is 1. The Balaban J connectivity index is 0.000000980. The molecule has 1 aromatic carbocycles. The van der Waals surface area contributed by atoms with Crippen molar-refractivity contribution in [3.63, 3.8) is 0 Å². The maximum Gasteiger partial charge on any atom is 0.270 e. The van der Waals surface area contributed by atoms with Crippen LogP contribution in [-0.2, 0) is 0 Å². The number of aromatic amines is 1. The van der Waals surface area contributed by atoms with E-state index in [-0.39, 0.29) is 23.9 Å². The molecule has 0 bridgehead atoms. The quantitative estimate of drug-likeness (QED) is 0.555. The number of aromatic nitrogens is 2. The van der Waals surface area contributed by atoms with E-state index in [0.29, 0.717) is 10.9 Å². The van der Waals surface area contributed by atoms with E-state index in [0.717, 1.165) is 0 Å². The van der Waals surface area contributed by atoms with Gasteiger partial charge in [0.2, 0.25) is 0 Å². The van der Waals surface area contributed by atoms with Crippen molar-refractivity contribution in [3.8, 4) is 0 Å². The molecular weight excluding hydrogens is 208 g/mol. The molecular formula is C7H7ClN4O2. The number of hydrogen-bond acceptors (Lipinski definition) is 4. The van der Waals surface area contributed by atoms with Gasteiger partial charge < -0.3 is 5.73 Å². The maximum absolute atomic E-state index is 10.4. The molecule has 0 spiro atoms. The van der Waals surface area contributed by atoms with Crippen molar-refractivity contribution in [2.45, 2.75) is 0 Å². The first-order valence-corrected chi connectivity index (χ1v) is 3.56. The third-order valence-electron chi connectivity index (χ3n) is 1.79. The summed E-state index contributed by atoms with van der Waals surface area (Å²) in [5.41, 5.74) is 6.19. The zero-order chi connectivity index (χ0) is 9.42. The zero-order valence-electron chi connectivity index (χ0n) is 6.93. The Bertz CT molecular complexity index is 481. The first-order chi connectivity index (χ1) is 6.18. The number of halogens is 1. The predicted molar refractivity (Wildman–Crippen MR) is 54.4 cm³/mol. The van der Waals surface area contributed by atoms with E-state index in [1.54, 1.807) is 6.07 Å². The van der Waals surface area contributed by atoms with Crippen LogP contribution in [-0.4, -0.2) is 15.1 Å². The number of non-ortho nitro benzene ring substituents is 1. The van der Waals surface area contributed by atoms with Crippen LogP contribution in [0.2, 0.25) is 0 Å². The molecule has 0 aliphatic carbocycles. The molecule has 0 atom stereocenters. The highest BCUT2D eigenvalue weighted by atomic mass is 35.5. The van der Waals surface area contributed by atoms with Crippen LogP contribution in [0.3, 0.4) is 0 Å². The summed E-state index contributed by atoms with van der Waals surface area (Å²) in [6.45, 7) is 0. The minimum Gasteiger partial charge on any atom is -0.382 e. The first kappa shape index (κ1) is 10.3. The van der Waals surface area contributed by atoms with Gasteiger partial charge in [0.05, 0.1) is 15.8 Å². The number of anilines is 1. The van der Waals surface area contributed by atoms with Crippen molar-refractivity contribution in [3.05, 3.63) is 28.3 Å². The smallest absolute Gasteiger partial charge is 0.270 e. The Kier molecular flexibility index (Phi) is 2.57. The highest BCUT2D eigenvalue weighted by Gasteiger charge is 2.09. The topological polar surface area (TPSA) is 97.8 Å². The fraction of sp³-hybridized carbons (Fsp3) is 0. The van der Waals surface area contributed by atoms with Crippen molar-refractivity contribution in [2.24, 2.45) is 0 Å². The number of nitro groups is 1. The van der Waals surface area contributed by atoms with Gasteiger partial charge in [-0.1, -0.05) is 0 Å². The highest BCUT2D eigenvalue weighted by molar-refractivity contribution is 5.90. The lowest BCUT2D eigenvalue weighted by Gasteiger charge is -1.90. The van der Waals surface area contributed by atoms with Gasteiger partial charge in [-0.2, -0.15) is 5.10 Å². The van der Waals surface area contributed by atoms with Gasteiger partial charge in [-0.15, -0.1) is 12.4 Å². The summed E-state index contributed by atoms with van der Waals surface area (Å²) in [5.74, 6) is 0.277. The molecule has 0 aliphatic rings. The van der Waals surface area contributed by atoms with E-state index in [2.05, 4.69) is 10.2 Å². The van der Waals surface area contributed by atoms with Crippen molar-refractivity contribution in [1.29, 1.82) is 0 Å². The standard InChI is InChI=1S/C7H6N4O2.ClH/c8-7-5-3-4(11(12)13)1-2-6(5)9-10-7;/h1-3H,(H3,8,9,10);1H. The second-order valence-corrected chi connectivity index (χ2v) is 2.60. The lowest BCUT2D eigenvalue weighted by Crippen LogP contribution is -1.88. The molecule has 0 saturated heterocycles. The molecule has 0 unspecified atom stereocenters. The molecule has 0 aliphatic heterocycles. The summed E-state index contributed by atoms with van der Waals surface area (Å²) in [7, 11) is 0. The van der Waals surface area contributed by atoms with Crippen LogP contribution in [0.1, 0.15) is 0 Å². The molecule has 2 aromatic rings. The summed E-state index contributed by atoms with van der Waals surface area (Å²) in [4.78, 5) is 9.95. The van der Waals surface area contributed by atoms with Gasteiger partial charge in [-0.3, -0.25) is 15.2 Å². The average Bonchev–Trinajstić information content (AvgIpc) is 2.47. The van der Waals surface area contributed by atoms with Crippen LogP contribution in [0, 0.1) is 10.1 Å². The van der Waals surface area contributed by atoms with Crippen LogP contribution >= 0.6 is 12.4 Å². The molecule has 2 rings (SSSR count). The normalized spacial score (nSPS) is 9.71. The molecule has 0 radical (unpaired) electrons. The van der Waals surface area contributed by atoms with Gasteiger partial charge in [0.15, 0.2) is 5.82 Å². The Hall–Kier alpha value is -1.82. The van der Waals surface area contributed by atoms with Crippen LogP contribution < -0.4 is 5.73 Å². The highest BCUT2D eigenvalue weighted by Crippen LogP contribution is 2.22. The van der Waals surface area contributed by atoms with Crippen molar-refractivity contribution in [2.75, 3.05) is 5.73 Å². The number of nitrogens with zero attached hydrogens (tertiary/aromatic N) is 2. The molecule has 0 saturated carbocycles. The summed E-state index contributed by atoms with van der Waals surface area (Å²) < 4.78 is 0. The molecule has 0 fully saturated rings. The third kappa shape index (κ3) is 1.47. The molecule has 3 N–H and O–H groups in total. The van der Waals surface area contributed by atoms with Gasteiger partial charge in [0, 0.05) is 12.1 Å². The number of H-pyrrole nitrogens is 1. The number of nitrogens with one attached hydrogen (secondary N) is 1. The third-order valence-corrected chi connectivity index (χ3v) is 1.79. The van der Waals surface area contributed by atoms with Crippen molar-refractivity contribution in [1.82, 2.24) is 10.2 Å². The summed E-state index contributed by atoms with van der Waals surface area (Å²) in [5, 5.41) is 17.4. The Labute approximate surface area is 84.7 Å². The van der Waals surface area contributed by atoms with E-state index < -0.39 is 4.92 Å². The Morgan fingerprint density at radius 3 is 2.86 bits per heavy atom. The number of nitro benzene ring substituents is 1. The Morgan fingerprint density at radius 2 is 2.21 bits per heavy atom. The van der Waals surface area contributed by atoms with Gasteiger partial charge in [-0.25, -0.2) is 0 Å². The van der Waals surface area contributed by atoms with Crippen LogP contribution in [0.5, 0.6) is 0 Å². The zero-order valence-corrected chi connectivity index (χ0v) is 7.75. The van der Waals surface area contributed by atoms with Crippen molar-refractivity contribution < 1.29 is 4.92 Å². The van der Waals surface area contributed by atoms with Crippen LogP contribution in [0.15, 0.2) is 18.2 Å². The van der Waals surface area contributed by atoms with Gasteiger partial charge in [-0.05, 0) is 6.07 Å². The monoisotopic (exact) mass is 214 g/mol. The lowest BCUT2D eigenvalue weighted by molar-refractivity contribution is -0.384. The molecule has 74 valence electrons. The first-order valence-electron chi connectivity index (χ1n) is 3.56. The number of hydrogen-bond donors (Lipinski definition) is 2. The van der Waals surface area contributed by atoms with Gasteiger partial charge in [0.1, 0.15) is 0 Å². The van der Waals surface area contributed by atoms with Gasteiger partial charge >= 0.3 is 0 Å². The molecule has 7 heteroatoms. The SMILES string of the molecule is Cl.Nc1n[nH]c2ccc([N+](=O)[O-])cc12. The molecule has 14 heavy (non-hydrogen) atoms. The predicted octanol–water partition coefficient (Wildman–Crippen LogP) is 1.48. The number of fused-ring (bicyclic) bond motifs is 1. The second kappa shape index (κ2) is 3.51. The lowest BCUT2D eigenvalue weighted by atomic mass is 10.2. The van der Waals surface area contributed by atoms with Gasteiger partial charge in [0.25, 0.3) is 5.69 Å². The van der Waals surface area contributed by atoms with E-state index in [4.69, 9.17) is 5.73 Å². The minimum atomic E-state index is -0.466. The van der Waals surface area contributed by atoms with Crippen LogP contribution in [0.25, 0.3) is 10.9 Å².